The van der Waals surface area contributed by atoms with Gasteiger partial charge in [0.15, 0.2) is 0 Å². The van der Waals surface area contributed by atoms with E-state index in [4.69, 9.17) is 11.6 Å². The van der Waals surface area contributed by atoms with Crippen molar-refractivity contribution in [3.8, 4) is 0 Å². The van der Waals surface area contributed by atoms with E-state index in [9.17, 15) is 0 Å². The van der Waals surface area contributed by atoms with E-state index in [0.29, 0.717) is 0 Å². The molecule has 3 heteroatoms. The molecule has 1 nitrogen and oxygen atoms in total. The molecule has 0 aliphatic heterocycles. The molecule has 1 aromatic rings. The Kier molecular flexibility index (Phi) is 6.00. The minimum absolute atomic E-state index is 0.731. The van der Waals surface area contributed by atoms with Crippen LogP contribution in [-0.2, 0) is 0 Å². The lowest BCUT2D eigenvalue weighted by atomic mass is 9.86. The highest BCUT2D eigenvalue weighted by Gasteiger charge is 2.25. The maximum absolute atomic E-state index is 6.10. The standard InChI is InChI=1S/C15H24ClNS/c1-2-10-17-11-12-6-4-3-5-7-13(12)14-8-9-15(16)18-14/h8-9,12-13,17H,2-7,10-11H2,1H3. The molecule has 0 spiro atoms. The predicted molar refractivity (Wildman–Crippen MR) is 81.8 cm³/mol. The molecule has 1 fully saturated rings. The van der Waals surface area contributed by atoms with Crippen molar-refractivity contribution < 1.29 is 0 Å². The molecular weight excluding hydrogens is 262 g/mol. The van der Waals surface area contributed by atoms with E-state index in [1.807, 2.05) is 0 Å². The Bertz CT molecular complexity index is 350. The molecule has 1 aromatic heterocycles. The molecule has 0 aromatic carbocycles. The van der Waals surface area contributed by atoms with Crippen LogP contribution in [0.1, 0.15) is 56.2 Å². The Morgan fingerprint density at radius 3 is 2.83 bits per heavy atom. The largest absolute Gasteiger partial charge is 0.316 e. The Morgan fingerprint density at radius 2 is 2.11 bits per heavy atom. The quantitative estimate of drug-likeness (QED) is 0.589. The SMILES string of the molecule is CCCNCC1CCCCCC1c1ccc(Cl)s1. The van der Waals surface area contributed by atoms with E-state index in [0.717, 1.165) is 22.7 Å². The van der Waals surface area contributed by atoms with Crippen LogP contribution >= 0.6 is 22.9 Å². The lowest BCUT2D eigenvalue weighted by Crippen LogP contribution is -2.27. The van der Waals surface area contributed by atoms with E-state index >= 15 is 0 Å². The third-order valence-corrected chi connectivity index (χ3v) is 5.31. The number of hydrogen-bond donors (Lipinski definition) is 1. The second kappa shape index (κ2) is 7.52. The molecule has 2 unspecified atom stereocenters. The molecule has 1 aliphatic rings. The zero-order valence-electron chi connectivity index (χ0n) is 11.3. The summed E-state index contributed by atoms with van der Waals surface area (Å²) < 4.78 is 0.939. The predicted octanol–water partition coefficient (Wildman–Crippen LogP) is 5.07. The summed E-state index contributed by atoms with van der Waals surface area (Å²) in [7, 11) is 0. The number of nitrogens with one attached hydrogen (secondary N) is 1. The molecule has 0 amide bonds. The maximum atomic E-state index is 6.10. The van der Waals surface area contributed by atoms with Gasteiger partial charge in [-0.05, 0) is 56.3 Å². The highest BCUT2D eigenvalue weighted by molar-refractivity contribution is 7.16. The van der Waals surface area contributed by atoms with Crippen molar-refractivity contribution in [1.29, 1.82) is 0 Å². The zero-order valence-corrected chi connectivity index (χ0v) is 12.8. The Morgan fingerprint density at radius 1 is 1.28 bits per heavy atom. The summed E-state index contributed by atoms with van der Waals surface area (Å²) in [5, 5.41) is 3.61. The topological polar surface area (TPSA) is 12.0 Å². The van der Waals surface area contributed by atoms with Gasteiger partial charge in [0, 0.05) is 4.88 Å². The first-order valence-corrected chi connectivity index (χ1v) is 8.46. The fourth-order valence-electron chi connectivity index (χ4n) is 3.00. The Hall–Kier alpha value is -0.0500. The monoisotopic (exact) mass is 285 g/mol. The molecule has 102 valence electrons. The molecule has 0 radical (unpaired) electrons. The van der Waals surface area contributed by atoms with Gasteiger partial charge in [0.25, 0.3) is 0 Å². The summed E-state index contributed by atoms with van der Waals surface area (Å²) in [6, 6.07) is 4.30. The van der Waals surface area contributed by atoms with Gasteiger partial charge in [-0.15, -0.1) is 11.3 Å². The van der Waals surface area contributed by atoms with Crippen molar-refractivity contribution in [2.24, 2.45) is 5.92 Å². The molecule has 0 bridgehead atoms. The van der Waals surface area contributed by atoms with Gasteiger partial charge >= 0.3 is 0 Å². The van der Waals surface area contributed by atoms with Crippen molar-refractivity contribution in [3.05, 3.63) is 21.3 Å². The first-order valence-electron chi connectivity index (χ1n) is 7.27. The van der Waals surface area contributed by atoms with Gasteiger partial charge < -0.3 is 5.32 Å². The molecule has 18 heavy (non-hydrogen) atoms. The van der Waals surface area contributed by atoms with E-state index in [1.165, 1.54) is 49.9 Å². The first-order chi connectivity index (χ1) is 8.81. The van der Waals surface area contributed by atoms with Gasteiger partial charge in [-0.1, -0.05) is 37.8 Å². The summed E-state index contributed by atoms with van der Waals surface area (Å²) in [5.74, 6) is 1.53. The summed E-state index contributed by atoms with van der Waals surface area (Å²) in [4.78, 5) is 1.50. The van der Waals surface area contributed by atoms with Gasteiger partial charge in [-0.3, -0.25) is 0 Å². The van der Waals surface area contributed by atoms with Crippen molar-refractivity contribution >= 4 is 22.9 Å². The lowest BCUT2D eigenvalue weighted by Gasteiger charge is -2.24. The fraction of sp³-hybridized carbons (Fsp3) is 0.733. The fourth-order valence-corrected chi connectivity index (χ4v) is 4.28. The minimum atomic E-state index is 0.731. The zero-order chi connectivity index (χ0) is 12.8. The van der Waals surface area contributed by atoms with Crippen LogP contribution in [0.25, 0.3) is 0 Å². The van der Waals surface area contributed by atoms with Gasteiger partial charge in [-0.2, -0.15) is 0 Å². The van der Waals surface area contributed by atoms with E-state index in [2.05, 4.69) is 24.4 Å². The van der Waals surface area contributed by atoms with Crippen LogP contribution in [0, 0.1) is 5.92 Å². The van der Waals surface area contributed by atoms with Gasteiger partial charge in [0.2, 0.25) is 0 Å². The van der Waals surface area contributed by atoms with E-state index in [-0.39, 0.29) is 0 Å². The van der Waals surface area contributed by atoms with Crippen molar-refractivity contribution in [1.82, 2.24) is 5.32 Å². The van der Waals surface area contributed by atoms with Crippen LogP contribution in [0.3, 0.4) is 0 Å². The second-order valence-electron chi connectivity index (χ2n) is 5.35. The summed E-state index contributed by atoms with van der Waals surface area (Å²) in [6.07, 6.45) is 8.12. The highest BCUT2D eigenvalue weighted by atomic mass is 35.5. The lowest BCUT2D eigenvalue weighted by molar-refractivity contribution is 0.379. The maximum Gasteiger partial charge on any atom is 0.0931 e. The smallest absolute Gasteiger partial charge is 0.0931 e. The number of rotatable bonds is 5. The van der Waals surface area contributed by atoms with Crippen molar-refractivity contribution in [2.75, 3.05) is 13.1 Å². The van der Waals surface area contributed by atoms with Gasteiger partial charge in [0.05, 0.1) is 4.34 Å². The Labute approximate surface area is 120 Å². The van der Waals surface area contributed by atoms with E-state index < -0.39 is 0 Å². The van der Waals surface area contributed by atoms with Gasteiger partial charge in [0.1, 0.15) is 0 Å². The highest BCUT2D eigenvalue weighted by Crippen LogP contribution is 2.40. The van der Waals surface area contributed by atoms with Crippen LogP contribution in [-0.4, -0.2) is 13.1 Å². The van der Waals surface area contributed by atoms with Crippen LogP contribution in [0.15, 0.2) is 12.1 Å². The third kappa shape index (κ3) is 3.97. The van der Waals surface area contributed by atoms with Crippen molar-refractivity contribution in [3.63, 3.8) is 0 Å². The minimum Gasteiger partial charge on any atom is -0.316 e. The van der Waals surface area contributed by atoms with Crippen LogP contribution in [0.4, 0.5) is 0 Å². The third-order valence-electron chi connectivity index (χ3n) is 3.95. The van der Waals surface area contributed by atoms with Crippen LogP contribution in [0.5, 0.6) is 0 Å². The molecule has 1 aliphatic carbocycles. The summed E-state index contributed by atoms with van der Waals surface area (Å²) in [5.41, 5.74) is 0. The molecule has 1 N–H and O–H groups in total. The van der Waals surface area contributed by atoms with Crippen molar-refractivity contribution in [2.45, 2.75) is 51.4 Å². The number of hydrogen-bond acceptors (Lipinski definition) is 2. The van der Waals surface area contributed by atoms with Gasteiger partial charge in [-0.25, -0.2) is 0 Å². The van der Waals surface area contributed by atoms with E-state index in [1.54, 1.807) is 11.3 Å². The average molecular weight is 286 g/mol. The average Bonchev–Trinajstić information content (AvgIpc) is 2.65. The van der Waals surface area contributed by atoms with Crippen LogP contribution < -0.4 is 5.32 Å². The Balaban J connectivity index is 2.01. The molecule has 2 atom stereocenters. The number of halogens is 1. The number of thiophene rings is 1. The summed E-state index contributed by atoms with van der Waals surface area (Å²) >= 11 is 7.88. The second-order valence-corrected chi connectivity index (χ2v) is 7.10. The molecule has 1 saturated carbocycles. The molecule has 1 heterocycles. The molecule has 2 rings (SSSR count). The molecule has 0 saturated heterocycles. The normalized spacial score (nSPS) is 25.0. The first kappa shape index (κ1) is 14.4. The summed E-state index contributed by atoms with van der Waals surface area (Å²) in [6.45, 7) is 4.55. The molecular formula is C15H24ClNS. The van der Waals surface area contributed by atoms with Crippen LogP contribution in [0.2, 0.25) is 4.34 Å².